The minimum Gasteiger partial charge on any atom is -0.0626 e. The smallest absolute Gasteiger partial charge is 0.00549 e. The van der Waals surface area contributed by atoms with Crippen LogP contribution in [0.4, 0.5) is 0 Å². The summed E-state index contributed by atoms with van der Waals surface area (Å²) in [5.41, 5.74) is 11.7. The van der Waals surface area contributed by atoms with Gasteiger partial charge in [0, 0.05) is 0 Å². The highest BCUT2D eigenvalue weighted by Crippen LogP contribution is 2.40. The topological polar surface area (TPSA) is 0 Å². The molecule has 0 aromatic heterocycles. The Morgan fingerprint density at radius 1 is 0.778 bits per heavy atom. The van der Waals surface area contributed by atoms with Crippen LogP contribution in [-0.4, -0.2) is 0 Å². The summed E-state index contributed by atoms with van der Waals surface area (Å²) in [6.07, 6.45) is 3.56. The summed E-state index contributed by atoms with van der Waals surface area (Å²) in [6, 6.07) is 12.0. The average Bonchev–Trinajstić information content (AvgIpc) is 2.96. The fourth-order valence-corrected chi connectivity index (χ4v) is 3.90. The summed E-state index contributed by atoms with van der Waals surface area (Å²) >= 11 is 0. The molecule has 0 nitrogen and oxygen atoms in total. The van der Waals surface area contributed by atoms with Crippen LogP contribution >= 0.6 is 0 Å². The molecular weight excluding hydrogens is 324 g/mol. The van der Waals surface area contributed by atoms with Gasteiger partial charge in [-0.1, -0.05) is 103 Å². The van der Waals surface area contributed by atoms with Crippen LogP contribution < -0.4 is 0 Å². The fraction of sp³-hybridized carbons (Fsp3) is 0.481. The lowest BCUT2D eigenvalue weighted by molar-refractivity contribution is 0.569. The van der Waals surface area contributed by atoms with E-state index >= 15 is 0 Å². The third-order valence-corrected chi connectivity index (χ3v) is 5.85. The molecule has 0 saturated heterocycles. The van der Waals surface area contributed by atoms with E-state index in [4.69, 9.17) is 0 Å². The first-order valence-corrected chi connectivity index (χ1v) is 10.4. The molecule has 2 aromatic carbocycles. The maximum Gasteiger partial charge on any atom is -0.00549 e. The summed E-state index contributed by atoms with van der Waals surface area (Å²) in [5, 5.41) is 0. The van der Waals surface area contributed by atoms with Crippen LogP contribution in [0.25, 0.3) is 17.2 Å². The molecule has 3 rings (SSSR count). The van der Waals surface area contributed by atoms with Crippen LogP contribution in [0.15, 0.2) is 35.9 Å². The van der Waals surface area contributed by atoms with Gasteiger partial charge in [0.05, 0.1) is 0 Å². The van der Waals surface area contributed by atoms with Gasteiger partial charge in [-0.15, -0.1) is 0 Å². The lowest BCUT2D eigenvalue weighted by Crippen LogP contribution is -2.16. The number of rotatable bonds is 2. The van der Waals surface area contributed by atoms with Crippen molar-refractivity contribution >= 4 is 6.08 Å². The van der Waals surface area contributed by atoms with Crippen molar-refractivity contribution in [3.63, 3.8) is 0 Å². The summed E-state index contributed by atoms with van der Waals surface area (Å²) in [6.45, 7) is 20.7. The molecular formula is C27H36. The summed E-state index contributed by atoms with van der Waals surface area (Å²) < 4.78 is 0. The van der Waals surface area contributed by atoms with E-state index in [1.165, 1.54) is 38.9 Å². The maximum atomic E-state index is 2.45. The zero-order chi connectivity index (χ0) is 20.1. The third kappa shape index (κ3) is 4.05. The summed E-state index contributed by atoms with van der Waals surface area (Å²) in [7, 11) is 0. The second-order valence-electron chi connectivity index (χ2n) is 10.7. The molecule has 0 radical (unpaired) electrons. The van der Waals surface area contributed by atoms with Gasteiger partial charge >= 0.3 is 0 Å². The zero-order valence-corrected chi connectivity index (χ0v) is 18.7. The molecule has 0 heterocycles. The van der Waals surface area contributed by atoms with Gasteiger partial charge in [0.1, 0.15) is 0 Å². The van der Waals surface area contributed by atoms with Crippen LogP contribution in [-0.2, 0) is 17.3 Å². The van der Waals surface area contributed by atoms with Crippen LogP contribution in [0.5, 0.6) is 0 Å². The first-order chi connectivity index (χ1) is 12.4. The molecule has 0 fully saturated rings. The van der Waals surface area contributed by atoms with Crippen molar-refractivity contribution in [1.82, 2.24) is 0 Å². The van der Waals surface area contributed by atoms with Crippen molar-refractivity contribution in [1.29, 1.82) is 0 Å². The van der Waals surface area contributed by atoms with Gasteiger partial charge in [-0.05, 0) is 63.5 Å². The highest BCUT2D eigenvalue weighted by molar-refractivity contribution is 5.82. The van der Waals surface area contributed by atoms with Gasteiger partial charge in [-0.3, -0.25) is 0 Å². The number of fused-ring (bicyclic) bond motifs is 1. The van der Waals surface area contributed by atoms with Crippen molar-refractivity contribution in [2.45, 2.75) is 79.6 Å². The molecule has 27 heavy (non-hydrogen) atoms. The van der Waals surface area contributed by atoms with E-state index in [1.807, 2.05) is 0 Å². The Kier molecular flexibility index (Phi) is 4.91. The van der Waals surface area contributed by atoms with Crippen LogP contribution in [0.3, 0.4) is 0 Å². The third-order valence-electron chi connectivity index (χ3n) is 5.85. The quantitative estimate of drug-likeness (QED) is 0.511. The number of aryl methyl sites for hydroxylation is 1. The summed E-state index contributed by atoms with van der Waals surface area (Å²) in [4.78, 5) is 0. The molecule has 0 spiro atoms. The predicted molar refractivity (Wildman–Crippen MR) is 121 cm³/mol. The molecule has 0 atom stereocenters. The van der Waals surface area contributed by atoms with E-state index in [0.29, 0.717) is 5.92 Å². The van der Waals surface area contributed by atoms with Gasteiger partial charge in [-0.2, -0.15) is 0 Å². The molecule has 2 aromatic rings. The van der Waals surface area contributed by atoms with Crippen molar-refractivity contribution < 1.29 is 0 Å². The van der Waals surface area contributed by atoms with Gasteiger partial charge in [-0.25, -0.2) is 0 Å². The normalized spacial score (nSPS) is 14.5. The van der Waals surface area contributed by atoms with Crippen LogP contribution in [0.1, 0.15) is 83.2 Å². The molecule has 144 valence electrons. The molecule has 0 heteroatoms. The van der Waals surface area contributed by atoms with Crippen LogP contribution in [0.2, 0.25) is 0 Å². The zero-order valence-electron chi connectivity index (χ0n) is 18.7. The average molecular weight is 361 g/mol. The lowest BCUT2D eigenvalue weighted by atomic mass is 9.78. The molecule has 0 unspecified atom stereocenters. The van der Waals surface area contributed by atoms with Crippen molar-refractivity contribution in [2.24, 2.45) is 5.92 Å². The Morgan fingerprint density at radius 2 is 1.33 bits per heavy atom. The molecule has 0 N–H and O–H groups in total. The number of hydrogen-bond acceptors (Lipinski definition) is 0. The van der Waals surface area contributed by atoms with Crippen molar-refractivity contribution in [3.05, 3.63) is 63.7 Å². The molecule has 0 amide bonds. The maximum absolute atomic E-state index is 2.45. The van der Waals surface area contributed by atoms with Gasteiger partial charge < -0.3 is 0 Å². The summed E-state index contributed by atoms with van der Waals surface area (Å²) in [5.74, 6) is 0.608. The van der Waals surface area contributed by atoms with E-state index in [2.05, 4.69) is 98.7 Å². The van der Waals surface area contributed by atoms with E-state index < -0.39 is 0 Å². The Morgan fingerprint density at radius 3 is 1.81 bits per heavy atom. The first-order valence-electron chi connectivity index (χ1n) is 10.4. The molecule has 0 bridgehead atoms. The van der Waals surface area contributed by atoms with Gasteiger partial charge in [0.25, 0.3) is 0 Å². The van der Waals surface area contributed by atoms with Gasteiger partial charge in [0.15, 0.2) is 0 Å². The second kappa shape index (κ2) is 6.66. The van der Waals surface area contributed by atoms with E-state index in [9.17, 15) is 0 Å². The van der Waals surface area contributed by atoms with Gasteiger partial charge in [0.2, 0.25) is 0 Å². The molecule has 0 aliphatic heterocycles. The number of benzene rings is 2. The second-order valence-corrected chi connectivity index (χ2v) is 10.7. The van der Waals surface area contributed by atoms with E-state index in [1.54, 1.807) is 5.57 Å². The SMILES string of the molecule is Cc1cc2c(c(-c3cc(C(C)(C)C)cc(C(C)(C)C)c3)c1)C=C(C(C)C)C2. The number of hydrogen-bond donors (Lipinski definition) is 0. The molecule has 1 aliphatic carbocycles. The monoisotopic (exact) mass is 360 g/mol. The largest absolute Gasteiger partial charge is 0.0626 e. The Bertz CT molecular complexity index is 861. The standard InChI is InChI=1S/C27H36/c1-17(2)19-12-20-10-18(3)11-24(25(20)15-19)21-13-22(26(4,5)6)16-23(14-21)27(7,8)9/h10-11,13-17H,12H2,1-9H3. The minimum absolute atomic E-state index is 0.141. The highest BCUT2D eigenvalue weighted by Gasteiger charge is 2.23. The van der Waals surface area contributed by atoms with E-state index in [0.717, 1.165) is 6.42 Å². The highest BCUT2D eigenvalue weighted by atomic mass is 14.3. The predicted octanol–water partition coefficient (Wildman–Crippen LogP) is 7.85. The molecule has 0 saturated carbocycles. The number of allylic oxidation sites excluding steroid dienone is 1. The Labute approximate surface area is 166 Å². The van der Waals surface area contributed by atoms with Crippen LogP contribution in [0, 0.1) is 12.8 Å². The molecule has 1 aliphatic rings. The Balaban J connectivity index is 2.26. The Hall–Kier alpha value is -1.82. The fourth-order valence-electron chi connectivity index (χ4n) is 3.90. The van der Waals surface area contributed by atoms with Crippen molar-refractivity contribution in [3.8, 4) is 11.1 Å². The van der Waals surface area contributed by atoms with E-state index in [-0.39, 0.29) is 10.8 Å². The lowest BCUT2D eigenvalue weighted by Gasteiger charge is -2.26. The first kappa shape index (κ1) is 19.9. The minimum atomic E-state index is 0.141. The van der Waals surface area contributed by atoms with Crippen molar-refractivity contribution in [2.75, 3.05) is 0 Å².